The van der Waals surface area contributed by atoms with Crippen LogP contribution >= 0.6 is 0 Å². The molecule has 0 saturated carbocycles. The summed E-state index contributed by atoms with van der Waals surface area (Å²) in [7, 11) is 0. The van der Waals surface area contributed by atoms with Crippen LogP contribution in [-0.4, -0.2) is 15.9 Å². The van der Waals surface area contributed by atoms with Crippen molar-refractivity contribution in [2.45, 2.75) is 32.6 Å². The molecule has 2 unspecified atom stereocenters. The van der Waals surface area contributed by atoms with Crippen molar-refractivity contribution in [2.75, 3.05) is 0 Å². The zero-order valence-corrected chi connectivity index (χ0v) is 6.82. The predicted molar refractivity (Wildman–Crippen MR) is 41.2 cm³/mol. The van der Waals surface area contributed by atoms with Crippen LogP contribution in [0.5, 0.6) is 0 Å². The molecule has 0 aromatic carbocycles. The molecule has 0 aliphatic carbocycles. The fraction of sp³-hybridized carbons (Fsp3) is 0.625. The Hall–Kier alpha value is -0.830. The first-order chi connectivity index (χ1) is 5.29. The van der Waals surface area contributed by atoms with Gasteiger partial charge in [0.2, 0.25) is 0 Å². The summed E-state index contributed by atoms with van der Waals surface area (Å²) in [5, 5.41) is 4.22. The minimum absolute atomic E-state index is 0.280. The maximum absolute atomic E-state index is 5.51. The lowest BCUT2D eigenvalue weighted by Gasteiger charge is -2.27. The number of ether oxygens (including phenoxy) is 1. The van der Waals surface area contributed by atoms with Crippen molar-refractivity contribution in [3.63, 3.8) is 0 Å². The molecule has 1 aliphatic heterocycles. The Kier molecular flexibility index (Phi) is 1.46. The van der Waals surface area contributed by atoms with Gasteiger partial charge in [0.25, 0.3) is 0 Å². The first-order valence-corrected chi connectivity index (χ1v) is 3.93. The molecule has 0 radical (unpaired) electrons. The zero-order chi connectivity index (χ0) is 7.84. The smallest absolute Gasteiger partial charge is 0.0889 e. The molecule has 0 saturated heterocycles. The highest BCUT2D eigenvalue weighted by atomic mass is 16.5. The number of fused-ring (bicyclic) bond motifs is 1. The molecule has 3 heteroatoms. The Morgan fingerprint density at radius 2 is 2.45 bits per heavy atom. The van der Waals surface area contributed by atoms with Gasteiger partial charge < -0.3 is 4.74 Å². The Bertz CT molecular complexity index is 256. The first-order valence-electron chi connectivity index (χ1n) is 3.93. The summed E-state index contributed by atoms with van der Waals surface area (Å²) in [6.07, 6.45) is 2.11. The first kappa shape index (κ1) is 6.85. The fourth-order valence-electron chi connectivity index (χ4n) is 1.38. The van der Waals surface area contributed by atoms with Crippen molar-refractivity contribution in [3.05, 3.63) is 18.0 Å². The monoisotopic (exact) mass is 152 g/mol. The summed E-state index contributed by atoms with van der Waals surface area (Å²) >= 11 is 0. The highest BCUT2D eigenvalue weighted by Crippen LogP contribution is 2.22. The molecule has 0 amide bonds. The van der Waals surface area contributed by atoms with Crippen molar-refractivity contribution in [3.8, 4) is 0 Å². The second-order valence-electron chi connectivity index (χ2n) is 3.02. The number of aromatic nitrogens is 2. The largest absolute Gasteiger partial charge is 0.370 e. The molecule has 3 nitrogen and oxygen atoms in total. The number of hydrogen-bond acceptors (Lipinski definition) is 2. The minimum Gasteiger partial charge on any atom is -0.370 e. The molecule has 1 aromatic heterocycles. The van der Waals surface area contributed by atoms with E-state index in [-0.39, 0.29) is 6.10 Å². The lowest BCUT2D eigenvalue weighted by atomic mass is 10.2. The van der Waals surface area contributed by atoms with E-state index in [4.69, 9.17) is 4.74 Å². The molecule has 60 valence electrons. The minimum atomic E-state index is 0.280. The second kappa shape index (κ2) is 2.34. The standard InChI is InChI=1S/C8H12N2O/c1-6-7(2)11-5-8-3-4-9-10(6)8/h3-4,6-7H,5H2,1-2H3. The Morgan fingerprint density at radius 3 is 3.27 bits per heavy atom. The summed E-state index contributed by atoms with van der Waals surface area (Å²) in [5.41, 5.74) is 1.18. The third kappa shape index (κ3) is 0.959. The molecule has 1 aromatic rings. The molecular weight excluding hydrogens is 140 g/mol. The molecule has 2 rings (SSSR count). The molecule has 2 atom stereocenters. The predicted octanol–water partition coefficient (Wildman–Crippen LogP) is 1.36. The van der Waals surface area contributed by atoms with Gasteiger partial charge in [0.15, 0.2) is 0 Å². The maximum Gasteiger partial charge on any atom is 0.0889 e. The van der Waals surface area contributed by atoms with Gasteiger partial charge in [-0.25, -0.2) is 0 Å². The van der Waals surface area contributed by atoms with Gasteiger partial charge in [0, 0.05) is 6.20 Å². The molecule has 0 fully saturated rings. The van der Waals surface area contributed by atoms with Gasteiger partial charge in [-0.15, -0.1) is 0 Å². The number of rotatable bonds is 0. The Labute approximate surface area is 66.0 Å². The van der Waals surface area contributed by atoms with E-state index in [2.05, 4.69) is 18.9 Å². The Balaban J connectivity index is 2.38. The zero-order valence-electron chi connectivity index (χ0n) is 6.82. The van der Waals surface area contributed by atoms with Crippen LogP contribution in [0.3, 0.4) is 0 Å². The van der Waals surface area contributed by atoms with Gasteiger partial charge in [0.1, 0.15) is 0 Å². The average molecular weight is 152 g/mol. The van der Waals surface area contributed by atoms with Gasteiger partial charge in [-0.05, 0) is 19.9 Å². The normalized spacial score (nSPS) is 30.0. The SMILES string of the molecule is CC1OCc2ccnn2C1C. The van der Waals surface area contributed by atoms with Crippen LogP contribution in [0.15, 0.2) is 12.3 Å². The molecule has 11 heavy (non-hydrogen) atoms. The van der Waals surface area contributed by atoms with Gasteiger partial charge >= 0.3 is 0 Å². The third-order valence-corrected chi connectivity index (χ3v) is 2.31. The molecule has 2 heterocycles. The van der Waals surface area contributed by atoms with E-state index in [1.807, 2.05) is 16.9 Å². The van der Waals surface area contributed by atoms with Crippen LogP contribution in [0.1, 0.15) is 25.6 Å². The topological polar surface area (TPSA) is 27.1 Å². The summed E-state index contributed by atoms with van der Waals surface area (Å²) in [6.45, 7) is 4.90. The van der Waals surface area contributed by atoms with Crippen molar-refractivity contribution >= 4 is 0 Å². The van der Waals surface area contributed by atoms with E-state index in [9.17, 15) is 0 Å². The summed E-state index contributed by atoms with van der Waals surface area (Å²) < 4.78 is 7.55. The molecule has 0 bridgehead atoms. The lowest BCUT2D eigenvalue weighted by molar-refractivity contribution is -0.0104. The second-order valence-corrected chi connectivity index (χ2v) is 3.02. The van der Waals surface area contributed by atoms with Crippen LogP contribution in [0.2, 0.25) is 0 Å². The van der Waals surface area contributed by atoms with Crippen molar-refractivity contribution in [1.29, 1.82) is 0 Å². The molecule has 0 spiro atoms. The van der Waals surface area contributed by atoms with Gasteiger partial charge in [0.05, 0.1) is 24.4 Å². The van der Waals surface area contributed by atoms with E-state index in [1.165, 1.54) is 5.69 Å². The van der Waals surface area contributed by atoms with E-state index >= 15 is 0 Å². The Morgan fingerprint density at radius 1 is 1.64 bits per heavy atom. The quantitative estimate of drug-likeness (QED) is 0.561. The van der Waals surface area contributed by atoms with E-state index in [0.717, 1.165) is 0 Å². The summed E-state index contributed by atoms with van der Waals surface area (Å²) in [4.78, 5) is 0. The molecule has 1 aliphatic rings. The lowest BCUT2D eigenvalue weighted by Crippen LogP contribution is -2.29. The van der Waals surface area contributed by atoms with E-state index in [1.54, 1.807) is 0 Å². The van der Waals surface area contributed by atoms with Crippen LogP contribution in [0.25, 0.3) is 0 Å². The van der Waals surface area contributed by atoms with Gasteiger partial charge in [-0.3, -0.25) is 4.68 Å². The van der Waals surface area contributed by atoms with E-state index in [0.29, 0.717) is 12.6 Å². The molecular formula is C8H12N2O. The number of hydrogen-bond donors (Lipinski definition) is 0. The average Bonchev–Trinajstić information content (AvgIpc) is 2.45. The number of nitrogens with zero attached hydrogens (tertiary/aromatic N) is 2. The molecule has 0 N–H and O–H groups in total. The highest BCUT2D eigenvalue weighted by Gasteiger charge is 2.22. The fourth-order valence-corrected chi connectivity index (χ4v) is 1.38. The van der Waals surface area contributed by atoms with E-state index < -0.39 is 0 Å². The van der Waals surface area contributed by atoms with Crippen LogP contribution in [0, 0.1) is 0 Å². The maximum atomic E-state index is 5.51. The summed E-state index contributed by atoms with van der Waals surface area (Å²) in [6, 6.07) is 2.37. The van der Waals surface area contributed by atoms with Crippen LogP contribution in [0.4, 0.5) is 0 Å². The highest BCUT2D eigenvalue weighted by molar-refractivity contribution is 5.02. The summed E-state index contributed by atoms with van der Waals surface area (Å²) in [5.74, 6) is 0. The van der Waals surface area contributed by atoms with Crippen LogP contribution in [-0.2, 0) is 11.3 Å². The van der Waals surface area contributed by atoms with Crippen molar-refractivity contribution in [2.24, 2.45) is 0 Å². The van der Waals surface area contributed by atoms with Crippen LogP contribution < -0.4 is 0 Å². The van der Waals surface area contributed by atoms with Gasteiger partial charge in [-0.1, -0.05) is 0 Å². The third-order valence-electron chi connectivity index (χ3n) is 2.31. The van der Waals surface area contributed by atoms with Gasteiger partial charge in [-0.2, -0.15) is 5.10 Å². The van der Waals surface area contributed by atoms with Crippen molar-refractivity contribution in [1.82, 2.24) is 9.78 Å². The van der Waals surface area contributed by atoms with Crippen molar-refractivity contribution < 1.29 is 4.74 Å².